The number of nitrogen functional groups attached to an aromatic ring is 1. The summed E-state index contributed by atoms with van der Waals surface area (Å²) in [5.41, 5.74) is 6.87. The molecule has 1 aliphatic rings. The van der Waals surface area contributed by atoms with Crippen molar-refractivity contribution < 1.29 is 14.0 Å². The van der Waals surface area contributed by atoms with Gasteiger partial charge >= 0.3 is 5.97 Å². The second-order valence-electron chi connectivity index (χ2n) is 10.4. The summed E-state index contributed by atoms with van der Waals surface area (Å²) in [4.78, 5) is 35.7. The molecule has 0 spiro atoms. The average molecular weight is 476 g/mol. The van der Waals surface area contributed by atoms with Crippen LogP contribution in [-0.2, 0) is 14.0 Å². The Morgan fingerprint density at radius 1 is 1.39 bits per heavy atom. The fourth-order valence-corrected chi connectivity index (χ4v) is 4.92. The minimum Gasteiger partial charge on any atom is -0.462 e. The number of carbonyl (C=O) groups is 1. The van der Waals surface area contributed by atoms with Gasteiger partial charge in [-0.05, 0) is 30.1 Å². The summed E-state index contributed by atoms with van der Waals surface area (Å²) >= 11 is 0. The Bertz CT molecular complexity index is 1080. The van der Waals surface area contributed by atoms with E-state index in [0.29, 0.717) is 25.1 Å². The summed E-state index contributed by atoms with van der Waals surface area (Å²) in [5, 5.41) is 0.0582. The minimum atomic E-state index is -2.01. The van der Waals surface area contributed by atoms with Gasteiger partial charge in [0, 0.05) is 25.4 Å². The molecule has 1 saturated carbocycles. The van der Waals surface area contributed by atoms with Gasteiger partial charge in [-0.2, -0.15) is 4.98 Å². The second kappa shape index (κ2) is 9.42. The van der Waals surface area contributed by atoms with Crippen LogP contribution in [0, 0.1) is 5.92 Å². The molecule has 182 valence electrons. The molecule has 0 bridgehead atoms. The third kappa shape index (κ3) is 5.21. The first kappa shape index (κ1) is 25.2. The maximum atomic E-state index is 12.5. The monoisotopic (exact) mass is 475 g/mol. The van der Waals surface area contributed by atoms with Crippen LogP contribution < -0.4 is 11.3 Å². The SMILES string of the molecule is C=C1C(CO[Si](C)(C)C(C)(C)C)C(OC(=O)CCCC)CC1n1cnc2c(=O)[nH]c(N)nc21. The summed E-state index contributed by atoms with van der Waals surface area (Å²) in [5.74, 6) is -0.341. The smallest absolute Gasteiger partial charge is 0.306 e. The van der Waals surface area contributed by atoms with E-state index in [0.717, 1.165) is 18.4 Å². The number of esters is 1. The van der Waals surface area contributed by atoms with Gasteiger partial charge < -0.3 is 19.5 Å². The third-order valence-electron chi connectivity index (χ3n) is 7.04. The molecule has 1 fully saturated rings. The molecular weight excluding hydrogens is 438 g/mol. The van der Waals surface area contributed by atoms with Crippen LogP contribution in [0.15, 0.2) is 23.3 Å². The van der Waals surface area contributed by atoms with Crippen molar-refractivity contribution in [2.45, 2.75) is 83.7 Å². The van der Waals surface area contributed by atoms with Gasteiger partial charge in [0.2, 0.25) is 5.95 Å². The lowest BCUT2D eigenvalue weighted by Crippen LogP contribution is -2.43. The molecule has 3 unspecified atom stereocenters. The first-order valence-corrected chi connectivity index (χ1v) is 14.5. The molecule has 0 aliphatic heterocycles. The number of ether oxygens (including phenoxy) is 1. The number of unbranched alkanes of at least 4 members (excludes halogenated alkanes) is 1. The molecule has 0 aromatic carbocycles. The van der Waals surface area contributed by atoms with Gasteiger partial charge in [0.15, 0.2) is 19.5 Å². The normalized spacial score (nSPS) is 21.6. The number of rotatable bonds is 8. The van der Waals surface area contributed by atoms with Crippen LogP contribution in [0.25, 0.3) is 11.2 Å². The number of hydrogen-bond donors (Lipinski definition) is 2. The number of aromatic amines is 1. The molecule has 2 aromatic heterocycles. The van der Waals surface area contributed by atoms with Crippen molar-refractivity contribution in [1.29, 1.82) is 0 Å². The predicted molar refractivity (Wildman–Crippen MR) is 131 cm³/mol. The maximum absolute atomic E-state index is 12.5. The van der Waals surface area contributed by atoms with Crippen LogP contribution in [0.4, 0.5) is 5.95 Å². The van der Waals surface area contributed by atoms with E-state index >= 15 is 0 Å². The fraction of sp³-hybridized carbons (Fsp3) is 0.652. The first-order valence-electron chi connectivity index (χ1n) is 11.6. The molecule has 3 rings (SSSR count). The molecule has 3 N–H and O–H groups in total. The van der Waals surface area contributed by atoms with E-state index in [-0.39, 0.29) is 46.1 Å². The minimum absolute atomic E-state index is 0.0261. The van der Waals surface area contributed by atoms with Crippen LogP contribution in [-0.4, -0.2) is 46.5 Å². The van der Waals surface area contributed by atoms with Crippen molar-refractivity contribution in [3.8, 4) is 0 Å². The molecule has 0 amide bonds. The number of nitrogens with one attached hydrogen (secondary N) is 1. The largest absolute Gasteiger partial charge is 0.462 e. The van der Waals surface area contributed by atoms with Gasteiger partial charge in [0.25, 0.3) is 5.56 Å². The molecule has 9 nitrogen and oxygen atoms in total. The molecule has 0 radical (unpaired) electrons. The standard InChI is InChI=1S/C23H37N5O4Si/c1-8-9-10-18(29)32-17-11-16(14(2)15(17)12-31-33(6,7)23(3,4)5)28-13-25-19-20(28)26-22(24)27-21(19)30/h13,15-17H,2,8-12H2,1,3-7H3,(H3,24,26,27,30). The van der Waals surface area contributed by atoms with E-state index in [1.807, 2.05) is 11.5 Å². The Hall–Kier alpha value is -2.46. The quantitative estimate of drug-likeness (QED) is 0.336. The van der Waals surface area contributed by atoms with Crippen molar-refractivity contribution in [3.63, 3.8) is 0 Å². The van der Waals surface area contributed by atoms with Crippen LogP contribution in [0.1, 0.15) is 59.4 Å². The van der Waals surface area contributed by atoms with Gasteiger partial charge in [0.05, 0.1) is 12.4 Å². The van der Waals surface area contributed by atoms with Gasteiger partial charge in [-0.3, -0.25) is 14.6 Å². The Kier molecular flexibility index (Phi) is 7.18. The Labute approximate surface area is 195 Å². The second-order valence-corrected chi connectivity index (χ2v) is 15.2. The number of anilines is 1. The van der Waals surface area contributed by atoms with E-state index in [4.69, 9.17) is 14.9 Å². The highest BCUT2D eigenvalue weighted by Gasteiger charge is 2.44. The summed E-state index contributed by atoms with van der Waals surface area (Å²) in [6.07, 6.45) is 3.83. The van der Waals surface area contributed by atoms with E-state index in [2.05, 4.69) is 55.4 Å². The van der Waals surface area contributed by atoms with Crippen molar-refractivity contribution in [3.05, 3.63) is 28.8 Å². The van der Waals surface area contributed by atoms with Crippen LogP contribution in [0.2, 0.25) is 18.1 Å². The van der Waals surface area contributed by atoms with Crippen molar-refractivity contribution >= 4 is 31.4 Å². The zero-order chi connectivity index (χ0) is 24.6. The van der Waals surface area contributed by atoms with E-state index in [1.165, 1.54) is 0 Å². The van der Waals surface area contributed by atoms with Crippen molar-refractivity contribution in [1.82, 2.24) is 19.5 Å². The van der Waals surface area contributed by atoms with E-state index in [1.54, 1.807) is 6.33 Å². The molecule has 2 heterocycles. The summed E-state index contributed by atoms with van der Waals surface area (Å²) in [6, 6.07) is -0.235. The summed E-state index contributed by atoms with van der Waals surface area (Å²) in [6.45, 7) is 17.8. The highest BCUT2D eigenvalue weighted by molar-refractivity contribution is 6.74. The number of nitrogens with two attached hydrogens (primary N) is 1. The molecule has 1 aliphatic carbocycles. The van der Waals surface area contributed by atoms with Crippen LogP contribution >= 0.6 is 0 Å². The van der Waals surface area contributed by atoms with Gasteiger partial charge in [-0.25, -0.2) is 4.98 Å². The predicted octanol–water partition coefficient (Wildman–Crippen LogP) is 3.94. The van der Waals surface area contributed by atoms with E-state index < -0.39 is 8.32 Å². The van der Waals surface area contributed by atoms with Gasteiger partial charge in [-0.15, -0.1) is 0 Å². The number of nitrogens with zero attached hydrogens (tertiary/aromatic N) is 3. The summed E-state index contributed by atoms with van der Waals surface area (Å²) < 4.78 is 14.2. The number of aromatic nitrogens is 4. The lowest BCUT2D eigenvalue weighted by molar-refractivity contribution is -0.151. The number of hydrogen-bond acceptors (Lipinski definition) is 7. The number of imidazole rings is 1. The molecule has 3 atom stereocenters. The number of carbonyl (C=O) groups excluding carboxylic acids is 1. The highest BCUT2D eigenvalue weighted by atomic mass is 28.4. The molecule has 33 heavy (non-hydrogen) atoms. The van der Waals surface area contributed by atoms with Crippen LogP contribution in [0.3, 0.4) is 0 Å². The van der Waals surface area contributed by atoms with Crippen LogP contribution in [0.5, 0.6) is 0 Å². The lowest BCUT2D eigenvalue weighted by Gasteiger charge is -2.37. The topological polar surface area (TPSA) is 125 Å². The lowest BCUT2D eigenvalue weighted by atomic mass is 10.0. The molecule has 0 saturated heterocycles. The molecule has 2 aromatic rings. The Morgan fingerprint density at radius 2 is 2.09 bits per heavy atom. The van der Waals surface area contributed by atoms with Crippen molar-refractivity contribution in [2.75, 3.05) is 12.3 Å². The van der Waals surface area contributed by atoms with Crippen molar-refractivity contribution in [2.24, 2.45) is 5.92 Å². The number of H-pyrrole nitrogens is 1. The van der Waals surface area contributed by atoms with Gasteiger partial charge in [0.1, 0.15) is 6.10 Å². The highest BCUT2D eigenvalue weighted by Crippen LogP contribution is 2.44. The molecular formula is C23H37N5O4Si. The molecule has 10 heteroatoms. The summed E-state index contributed by atoms with van der Waals surface area (Å²) in [7, 11) is -2.01. The third-order valence-corrected chi connectivity index (χ3v) is 11.5. The average Bonchev–Trinajstić information content (AvgIpc) is 3.25. The van der Waals surface area contributed by atoms with E-state index in [9.17, 15) is 9.59 Å². The van der Waals surface area contributed by atoms with Gasteiger partial charge in [-0.1, -0.05) is 40.7 Å². The fourth-order valence-electron chi connectivity index (χ4n) is 3.89. The zero-order valence-electron chi connectivity index (χ0n) is 20.6. The first-order chi connectivity index (χ1) is 15.4. The zero-order valence-corrected chi connectivity index (χ0v) is 21.6. The Balaban J connectivity index is 1.90. The Morgan fingerprint density at radius 3 is 2.73 bits per heavy atom. The number of fused-ring (bicyclic) bond motifs is 1. The maximum Gasteiger partial charge on any atom is 0.306 e.